The molecule has 1 aliphatic carbocycles. The molecule has 1 aromatic rings. The minimum atomic E-state index is -0.931. The monoisotopic (exact) mass is 260 g/mol. The summed E-state index contributed by atoms with van der Waals surface area (Å²) in [6.45, 7) is 4.60. The number of carbonyl (C=O) groups is 1. The molecule has 1 unspecified atom stereocenters. The van der Waals surface area contributed by atoms with Gasteiger partial charge in [-0.05, 0) is 32.3 Å². The zero-order valence-corrected chi connectivity index (χ0v) is 11.9. The number of hydrogen-bond donors (Lipinski definition) is 1. The van der Waals surface area contributed by atoms with E-state index in [4.69, 9.17) is 5.73 Å². The quantitative estimate of drug-likeness (QED) is 0.904. The van der Waals surface area contributed by atoms with Gasteiger partial charge in [0.05, 0.1) is 0 Å². The van der Waals surface area contributed by atoms with Crippen molar-refractivity contribution in [3.05, 3.63) is 35.9 Å². The second-order valence-electron chi connectivity index (χ2n) is 5.60. The number of likely N-dealkylation sites (N-methyl/N-ethyl adjacent to an activating group) is 1. The van der Waals surface area contributed by atoms with Crippen LogP contribution in [0.5, 0.6) is 0 Å². The number of amides is 1. The first kappa shape index (κ1) is 14.1. The molecular weight excluding hydrogens is 236 g/mol. The lowest BCUT2D eigenvalue weighted by Crippen LogP contribution is -2.53. The second-order valence-corrected chi connectivity index (χ2v) is 5.60. The van der Waals surface area contributed by atoms with Gasteiger partial charge in [0.1, 0.15) is 5.54 Å². The van der Waals surface area contributed by atoms with Crippen LogP contribution in [0.15, 0.2) is 30.3 Å². The third-order valence-corrected chi connectivity index (χ3v) is 4.18. The molecule has 1 atom stereocenters. The van der Waals surface area contributed by atoms with Crippen LogP contribution >= 0.6 is 0 Å². The minimum Gasteiger partial charge on any atom is -0.338 e. The van der Waals surface area contributed by atoms with E-state index in [0.717, 1.165) is 24.9 Å². The van der Waals surface area contributed by atoms with Gasteiger partial charge in [0.2, 0.25) is 5.91 Å². The van der Waals surface area contributed by atoms with Gasteiger partial charge in [-0.1, -0.05) is 43.2 Å². The van der Waals surface area contributed by atoms with Gasteiger partial charge in [0.25, 0.3) is 0 Å². The first-order valence-electron chi connectivity index (χ1n) is 7.23. The van der Waals surface area contributed by atoms with E-state index in [-0.39, 0.29) is 5.91 Å². The molecule has 3 heteroatoms. The fourth-order valence-electron chi connectivity index (χ4n) is 2.99. The van der Waals surface area contributed by atoms with E-state index in [1.54, 1.807) is 0 Å². The number of nitrogens with zero attached hydrogens (tertiary/aromatic N) is 1. The molecule has 1 aliphatic rings. The Balaban J connectivity index is 2.21. The van der Waals surface area contributed by atoms with Crippen LogP contribution in [0.25, 0.3) is 0 Å². The molecule has 1 amide bonds. The highest BCUT2D eigenvalue weighted by atomic mass is 16.2. The molecule has 0 bridgehead atoms. The first-order chi connectivity index (χ1) is 9.07. The van der Waals surface area contributed by atoms with E-state index in [9.17, 15) is 4.79 Å². The van der Waals surface area contributed by atoms with Gasteiger partial charge in [-0.15, -0.1) is 0 Å². The summed E-state index contributed by atoms with van der Waals surface area (Å²) in [5.41, 5.74) is 6.29. The van der Waals surface area contributed by atoms with Crippen LogP contribution in [0.4, 0.5) is 0 Å². The SMILES string of the molecule is CCN(C(=O)C(C)(N)c1ccccc1)C1CCCC1. The van der Waals surface area contributed by atoms with Gasteiger partial charge in [-0.2, -0.15) is 0 Å². The summed E-state index contributed by atoms with van der Waals surface area (Å²) in [5, 5.41) is 0. The van der Waals surface area contributed by atoms with Crippen LogP contribution in [-0.2, 0) is 10.3 Å². The average molecular weight is 260 g/mol. The molecule has 0 aliphatic heterocycles. The zero-order chi connectivity index (χ0) is 13.9. The third-order valence-electron chi connectivity index (χ3n) is 4.18. The predicted molar refractivity (Wildman–Crippen MR) is 77.6 cm³/mol. The number of benzene rings is 1. The summed E-state index contributed by atoms with van der Waals surface area (Å²) in [5.74, 6) is 0.0492. The van der Waals surface area contributed by atoms with E-state index >= 15 is 0 Å². The summed E-state index contributed by atoms with van der Waals surface area (Å²) in [6.07, 6.45) is 4.68. The first-order valence-corrected chi connectivity index (χ1v) is 7.23. The van der Waals surface area contributed by atoms with Gasteiger partial charge >= 0.3 is 0 Å². The van der Waals surface area contributed by atoms with E-state index in [1.807, 2.05) is 49.1 Å². The van der Waals surface area contributed by atoms with Crippen LogP contribution in [-0.4, -0.2) is 23.4 Å². The maximum absolute atomic E-state index is 12.8. The van der Waals surface area contributed by atoms with E-state index in [1.165, 1.54) is 12.8 Å². The molecule has 0 saturated heterocycles. The van der Waals surface area contributed by atoms with Crippen molar-refractivity contribution in [2.45, 2.75) is 51.1 Å². The maximum Gasteiger partial charge on any atom is 0.247 e. The zero-order valence-electron chi connectivity index (χ0n) is 11.9. The normalized spacial score (nSPS) is 19.1. The van der Waals surface area contributed by atoms with Crippen LogP contribution < -0.4 is 5.73 Å². The van der Waals surface area contributed by atoms with E-state index < -0.39 is 5.54 Å². The molecule has 1 fully saturated rings. The van der Waals surface area contributed by atoms with Crippen molar-refractivity contribution in [3.63, 3.8) is 0 Å². The molecule has 0 aromatic heterocycles. The third kappa shape index (κ3) is 2.81. The maximum atomic E-state index is 12.8. The molecule has 1 saturated carbocycles. The summed E-state index contributed by atoms with van der Waals surface area (Å²) in [7, 11) is 0. The smallest absolute Gasteiger partial charge is 0.247 e. The molecule has 1 aromatic carbocycles. The van der Waals surface area contributed by atoms with Gasteiger partial charge in [0.15, 0.2) is 0 Å². The van der Waals surface area contributed by atoms with Crippen molar-refractivity contribution in [2.75, 3.05) is 6.54 Å². The Morgan fingerprint density at radius 1 is 1.32 bits per heavy atom. The van der Waals surface area contributed by atoms with Gasteiger partial charge in [0, 0.05) is 12.6 Å². The van der Waals surface area contributed by atoms with Crippen molar-refractivity contribution < 1.29 is 4.79 Å². The fourth-order valence-corrected chi connectivity index (χ4v) is 2.99. The highest BCUT2D eigenvalue weighted by Gasteiger charge is 2.37. The van der Waals surface area contributed by atoms with E-state index in [0.29, 0.717) is 6.04 Å². The summed E-state index contributed by atoms with van der Waals surface area (Å²) < 4.78 is 0. The highest BCUT2D eigenvalue weighted by molar-refractivity contribution is 5.87. The van der Waals surface area contributed by atoms with Crippen LogP contribution in [0.3, 0.4) is 0 Å². The van der Waals surface area contributed by atoms with Gasteiger partial charge in [-0.3, -0.25) is 4.79 Å². The average Bonchev–Trinajstić information content (AvgIpc) is 2.94. The largest absolute Gasteiger partial charge is 0.338 e. The number of carbonyl (C=O) groups excluding carboxylic acids is 1. The predicted octanol–water partition coefficient (Wildman–Crippen LogP) is 2.65. The summed E-state index contributed by atoms with van der Waals surface area (Å²) in [6, 6.07) is 10.0. The van der Waals surface area contributed by atoms with Crippen LogP contribution in [0.2, 0.25) is 0 Å². The lowest BCUT2D eigenvalue weighted by atomic mass is 9.91. The molecule has 2 rings (SSSR count). The number of hydrogen-bond acceptors (Lipinski definition) is 2. The molecule has 0 heterocycles. The van der Waals surface area contributed by atoms with Crippen LogP contribution in [0.1, 0.15) is 45.1 Å². The minimum absolute atomic E-state index is 0.0492. The van der Waals surface area contributed by atoms with Crippen molar-refractivity contribution in [1.82, 2.24) is 4.90 Å². The van der Waals surface area contributed by atoms with Crippen molar-refractivity contribution in [2.24, 2.45) is 5.73 Å². The summed E-state index contributed by atoms with van der Waals surface area (Å²) in [4.78, 5) is 14.8. The second kappa shape index (κ2) is 5.74. The van der Waals surface area contributed by atoms with Crippen molar-refractivity contribution >= 4 is 5.91 Å². The molecule has 104 valence electrons. The Morgan fingerprint density at radius 2 is 1.89 bits per heavy atom. The molecule has 3 nitrogen and oxygen atoms in total. The Bertz CT molecular complexity index is 422. The highest BCUT2D eigenvalue weighted by Crippen LogP contribution is 2.28. The molecular formula is C16H24N2O. The Labute approximate surface area is 115 Å². The molecule has 0 radical (unpaired) electrons. The lowest BCUT2D eigenvalue weighted by molar-refractivity contribution is -0.138. The van der Waals surface area contributed by atoms with Gasteiger partial charge in [-0.25, -0.2) is 0 Å². The number of nitrogens with two attached hydrogens (primary N) is 1. The Hall–Kier alpha value is -1.35. The van der Waals surface area contributed by atoms with Gasteiger partial charge < -0.3 is 10.6 Å². The fraction of sp³-hybridized carbons (Fsp3) is 0.562. The topological polar surface area (TPSA) is 46.3 Å². The molecule has 19 heavy (non-hydrogen) atoms. The standard InChI is InChI=1S/C16H24N2O/c1-3-18(14-11-7-8-12-14)15(19)16(2,17)13-9-5-4-6-10-13/h4-6,9-10,14H,3,7-8,11-12,17H2,1-2H3. The van der Waals surface area contributed by atoms with Crippen molar-refractivity contribution in [1.29, 1.82) is 0 Å². The summed E-state index contributed by atoms with van der Waals surface area (Å²) >= 11 is 0. The Morgan fingerprint density at radius 3 is 2.42 bits per heavy atom. The van der Waals surface area contributed by atoms with Crippen LogP contribution in [0, 0.1) is 0 Å². The Kier molecular flexibility index (Phi) is 4.25. The molecule has 0 spiro atoms. The molecule has 2 N–H and O–H groups in total. The lowest BCUT2D eigenvalue weighted by Gasteiger charge is -2.35. The van der Waals surface area contributed by atoms with Crippen molar-refractivity contribution in [3.8, 4) is 0 Å². The van der Waals surface area contributed by atoms with E-state index in [2.05, 4.69) is 0 Å². The number of rotatable bonds is 4.